The van der Waals surface area contributed by atoms with Crippen LogP contribution in [0.1, 0.15) is 66.2 Å². The first-order valence-corrected chi connectivity index (χ1v) is 15.3. The minimum atomic E-state index is -4.62. The third-order valence-electron chi connectivity index (χ3n) is 9.09. The highest BCUT2D eigenvalue weighted by atomic mass is 19.4. The SMILES string of the molecule is CCOC(=O)C(c1ncn2c1CCC2)n1cc2c(C(F)(F)F)cc(-c3ccc(C4CCN(CCOC)CC4)cc3)c(C)c2n1. The molecule has 1 fully saturated rings. The summed E-state index contributed by atoms with van der Waals surface area (Å²) >= 11 is 0. The van der Waals surface area contributed by atoms with E-state index >= 15 is 0 Å². The van der Waals surface area contributed by atoms with Crippen LogP contribution in [0.5, 0.6) is 0 Å². The van der Waals surface area contributed by atoms with E-state index in [0.717, 1.165) is 64.2 Å². The van der Waals surface area contributed by atoms with Crippen LogP contribution in [-0.4, -0.2) is 70.2 Å². The Balaban J connectivity index is 1.37. The number of benzene rings is 2. The number of piperidine rings is 1. The highest BCUT2D eigenvalue weighted by molar-refractivity contribution is 5.92. The first kappa shape index (κ1) is 30.3. The van der Waals surface area contributed by atoms with Gasteiger partial charge in [-0.05, 0) is 86.9 Å². The second-order valence-electron chi connectivity index (χ2n) is 11.7. The van der Waals surface area contributed by atoms with Gasteiger partial charge in [0.15, 0.2) is 6.04 Å². The molecule has 234 valence electrons. The summed E-state index contributed by atoms with van der Waals surface area (Å²) in [4.78, 5) is 20.1. The molecule has 2 aromatic heterocycles. The molecule has 1 atom stereocenters. The summed E-state index contributed by atoms with van der Waals surface area (Å²) < 4.78 is 57.5. The molecule has 0 amide bonds. The highest BCUT2D eigenvalue weighted by Gasteiger charge is 2.37. The van der Waals surface area contributed by atoms with Gasteiger partial charge >= 0.3 is 12.1 Å². The van der Waals surface area contributed by atoms with Gasteiger partial charge in [-0.1, -0.05) is 24.3 Å². The monoisotopic (exact) mass is 609 g/mol. The number of rotatable bonds is 9. The summed E-state index contributed by atoms with van der Waals surface area (Å²) in [5, 5.41) is 4.58. The fraction of sp³-hybridized carbons (Fsp3) is 0.485. The lowest BCUT2D eigenvalue weighted by atomic mass is 9.87. The van der Waals surface area contributed by atoms with E-state index in [1.165, 1.54) is 22.5 Å². The number of nitrogens with zero attached hydrogens (tertiary/aromatic N) is 5. The molecule has 11 heteroatoms. The van der Waals surface area contributed by atoms with E-state index in [1.54, 1.807) is 27.3 Å². The number of halogens is 3. The summed E-state index contributed by atoms with van der Waals surface area (Å²) in [6.45, 7) is 8.03. The molecular weight excluding hydrogens is 571 g/mol. The van der Waals surface area contributed by atoms with Gasteiger partial charge in [0.1, 0.15) is 0 Å². The van der Waals surface area contributed by atoms with Crippen molar-refractivity contribution in [3.8, 4) is 11.1 Å². The smallest absolute Gasteiger partial charge is 0.417 e. The predicted octanol–water partition coefficient (Wildman–Crippen LogP) is 6.15. The molecule has 2 aliphatic heterocycles. The number of hydrogen-bond acceptors (Lipinski definition) is 6. The van der Waals surface area contributed by atoms with Crippen molar-refractivity contribution in [3.63, 3.8) is 0 Å². The van der Waals surface area contributed by atoms with Crippen LogP contribution in [0.3, 0.4) is 0 Å². The third-order valence-corrected chi connectivity index (χ3v) is 9.09. The largest absolute Gasteiger partial charge is 0.464 e. The van der Waals surface area contributed by atoms with Gasteiger partial charge in [0.25, 0.3) is 0 Å². The molecule has 0 saturated carbocycles. The number of aromatic nitrogens is 4. The number of esters is 1. The van der Waals surface area contributed by atoms with Crippen LogP contribution in [-0.2, 0) is 33.4 Å². The maximum Gasteiger partial charge on any atom is 0.417 e. The van der Waals surface area contributed by atoms with Gasteiger partial charge in [0.05, 0.1) is 36.3 Å². The molecule has 1 unspecified atom stereocenters. The number of imidazole rings is 1. The van der Waals surface area contributed by atoms with E-state index in [0.29, 0.717) is 28.3 Å². The Morgan fingerprint density at radius 2 is 1.89 bits per heavy atom. The van der Waals surface area contributed by atoms with Crippen LogP contribution in [0, 0.1) is 6.92 Å². The number of likely N-dealkylation sites (tertiary alicyclic amines) is 1. The molecule has 8 nitrogen and oxygen atoms in total. The normalized spacial score (nSPS) is 16.9. The van der Waals surface area contributed by atoms with Crippen molar-refractivity contribution in [2.24, 2.45) is 0 Å². The molecular formula is C33H38F3N5O3. The number of carbonyl (C=O) groups excluding carboxylic acids is 1. The number of methoxy groups -OCH3 is 1. The highest BCUT2D eigenvalue weighted by Crippen LogP contribution is 2.41. The van der Waals surface area contributed by atoms with Crippen molar-refractivity contribution < 1.29 is 27.4 Å². The minimum absolute atomic E-state index is 0.0549. The van der Waals surface area contributed by atoms with Gasteiger partial charge in [-0.2, -0.15) is 18.3 Å². The Morgan fingerprint density at radius 3 is 2.57 bits per heavy atom. The van der Waals surface area contributed by atoms with Crippen LogP contribution in [0.15, 0.2) is 42.9 Å². The molecule has 2 aromatic carbocycles. The van der Waals surface area contributed by atoms with Gasteiger partial charge in [0, 0.05) is 37.5 Å². The van der Waals surface area contributed by atoms with Crippen LogP contribution in [0.2, 0.25) is 0 Å². The van der Waals surface area contributed by atoms with Gasteiger partial charge < -0.3 is 18.9 Å². The summed E-state index contributed by atoms with van der Waals surface area (Å²) in [6, 6.07) is 8.02. The van der Waals surface area contributed by atoms with E-state index in [2.05, 4.69) is 15.0 Å². The quantitative estimate of drug-likeness (QED) is 0.212. The van der Waals surface area contributed by atoms with Gasteiger partial charge in [-0.3, -0.25) is 4.68 Å². The number of alkyl halides is 3. The summed E-state index contributed by atoms with van der Waals surface area (Å²) in [6.07, 6.45) is 2.07. The van der Waals surface area contributed by atoms with Gasteiger partial charge in [0.2, 0.25) is 0 Å². The van der Waals surface area contributed by atoms with E-state index in [-0.39, 0.29) is 17.5 Å². The van der Waals surface area contributed by atoms with Crippen LogP contribution < -0.4 is 0 Å². The lowest BCUT2D eigenvalue weighted by Crippen LogP contribution is -2.35. The Hall–Kier alpha value is -3.70. The first-order chi connectivity index (χ1) is 21.2. The minimum Gasteiger partial charge on any atom is -0.464 e. The molecule has 4 aromatic rings. The maximum absolute atomic E-state index is 14.5. The lowest BCUT2D eigenvalue weighted by Gasteiger charge is -2.32. The Labute approximate surface area is 254 Å². The zero-order valence-electron chi connectivity index (χ0n) is 25.4. The van der Waals surface area contributed by atoms with Crippen LogP contribution >= 0.6 is 0 Å². The maximum atomic E-state index is 14.5. The van der Waals surface area contributed by atoms with Gasteiger partial charge in [-0.15, -0.1) is 0 Å². The second-order valence-corrected chi connectivity index (χ2v) is 11.7. The fourth-order valence-corrected chi connectivity index (χ4v) is 6.73. The Kier molecular flexibility index (Phi) is 8.52. The van der Waals surface area contributed by atoms with Crippen molar-refractivity contribution in [2.75, 3.05) is 40.0 Å². The number of hydrogen-bond donors (Lipinski definition) is 0. The molecule has 0 aliphatic carbocycles. The molecule has 44 heavy (non-hydrogen) atoms. The molecule has 6 rings (SSSR count). The van der Waals surface area contributed by atoms with Gasteiger partial charge in [-0.25, -0.2) is 9.78 Å². The number of carbonyl (C=O) groups is 1. The summed E-state index contributed by atoms with van der Waals surface area (Å²) in [5.74, 6) is -0.183. The molecule has 0 spiro atoms. The number of aryl methyl sites for hydroxylation is 2. The molecule has 0 N–H and O–H groups in total. The summed E-state index contributed by atoms with van der Waals surface area (Å²) in [7, 11) is 1.71. The molecule has 0 bridgehead atoms. The number of fused-ring (bicyclic) bond motifs is 2. The lowest BCUT2D eigenvalue weighted by molar-refractivity contribution is -0.146. The van der Waals surface area contributed by atoms with Crippen molar-refractivity contribution >= 4 is 16.9 Å². The topological polar surface area (TPSA) is 74.4 Å². The fourth-order valence-electron chi connectivity index (χ4n) is 6.73. The van der Waals surface area contributed by atoms with Crippen LogP contribution in [0.4, 0.5) is 13.2 Å². The Bertz CT molecular complexity index is 1640. The molecule has 4 heterocycles. The van der Waals surface area contributed by atoms with Crippen LogP contribution in [0.25, 0.3) is 22.0 Å². The predicted molar refractivity (Wildman–Crippen MR) is 161 cm³/mol. The van der Waals surface area contributed by atoms with E-state index in [9.17, 15) is 18.0 Å². The van der Waals surface area contributed by atoms with E-state index in [1.807, 2.05) is 28.8 Å². The zero-order chi connectivity index (χ0) is 31.0. The first-order valence-electron chi connectivity index (χ1n) is 15.3. The average Bonchev–Trinajstić information content (AvgIpc) is 3.74. The number of ether oxygens (including phenoxy) is 2. The molecule has 0 radical (unpaired) electrons. The molecule has 2 aliphatic rings. The molecule has 1 saturated heterocycles. The van der Waals surface area contributed by atoms with E-state index in [4.69, 9.17) is 9.47 Å². The zero-order valence-corrected chi connectivity index (χ0v) is 25.4. The van der Waals surface area contributed by atoms with Crippen molar-refractivity contribution in [3.05, 3.63) is 70.9 Å². The third kappa shape index (κ3) is 5.75. The Morgan fingerprint density at radius 1 is 1.14 bits per heavy atom. The van der Waals surface area contributed by atoms with Crippen molar-refractivity contribution in [2.45, 2.75) is 64.2 Å². The van der Waals surface area contributed by atoms with E-state index < -0.39 is 23.8 Å². The van der Waals surface area contributed by atoms with Crippen molar-refractivity contribution in [1.82, 2.24) is 24.2 Å². The second kappa shape index (κ2) is 12.4. The van der Waals surface area contributed by atoms with Crippen molar-refractivity contribution in [1.29, 1.82) is 0 Å². The standard InChI is InChI=1S/C33H38F3N5O3/c1-4-44-32(42)31(30-28-6-5-13-40(28)20-37-30)41-19-26-27(33(34,35)36)18-25(21(2)29(26)38-41)24-9-7-22(8-10-24)23-11-14-39(15-12-23)16-17-43-3/h7-10,18-20,23,31H,4-6,11-17H2,1-3H3. The average molecular weight is 610 g/mol. The summed E-state index contributed by atoms with van der Waals surface area (Å²) in [5.41, 5.74) is 3.74.